The first-order valence-corrected chi connectivity index (χ1v) is 8.35. The van der Waals surface area contributed by atoms with Crippen molar-refractivity contribution in [2.75, 3.05) is 26.3 Å². The summed E-state index contributed by atoms with van der Waals surface area (Å²) in [6.07, 6.45) is 5.61. The molecule has 0 bridgehead atoms. The van der Waals surface area contributed by atoms with E-state index >= 15 is 0 Å². The van der Waals surface area contributed by atoms with Gasteiger partial charge in [-0.25, -0.2) is 0 Å². The van der Waals surface area contributed by atoms with Crippen molar-refractivity contribution < 1.29 is 9.47 Å². The molecule has 0 amide bonds. The van der Waals surface area contributed by atoms with Crippen LogP contribution in [0.1, 0.15) is 5.69 Å². The molecule has 2 fully saturated rings. The minimum absolute atomic E-state index is 0.330. The van der Waals surface area contributed by atoms with Gasteiger partial charge in [0, 0.05) is 55.6 Å². The Morgan fingerprint density at radius 2 is 2.35 bits per heavy atom. The van der Waals surface area contributed by atoms with E-state index in [4.69, 9.17) is 21.1 Å². The highest BCUT2D eigenvalue weighted by atomic mass is 35.5. The van der Waals surface area contributed by atoms with E-state index in [-0.39, 0.29) is 0 Å². The molecule has 0 radical (unpaired) electrons. The van der Waals surface area contributed by atoms with Crippen LogP contribution in [0.25, 0.3) is 0 Å². The van der Waals surface area contributed by atoms with Crippen LogP contribution in [0.2, 0.25) is 5.02 Å². The Kier molecular flexibility index (Phi) is 4.25. The highest BCUT2D eigenvalue weighted by Crippen LogP contribution is 2.34. The highest BCUT2D eigenvalue weighted by molar-refractivity contribution is 6.30. The number of pyridine rings is 1. The van der Waals surface area contributed by atoms with Crippen molar-refractivity contribution >= 4 is 11.6 Å². The molecule has 6 heteroatoms. The molecule has 2 aromatic heterocycles. The number of nitrogens with zero attached hydrogens (tertiary/aromatic N) is 2. The van der Waals surface area contributed by atoms with Crippen LogP contribution in [0.4, 0.5) is 0 Å². The van der Waals surface area contributed by atoms with Gasteiger partial charge in [-0.15, -0.1) is 0 Å². The van der Waals surface area contributed by atoms with Crippen LogP contribution in [-0.2, 0) is 11.3 Å². The van der Waals surface area contributed by atoms with Gasteiger partial charge in [0.1, 0.15) is 5.75 Å². The topological polar surface area (TPSA) is 50.4 Å². The second-order valence-electron chi connectivity index (χ2n) is 6.34. The predicted molar refractivity (Wildman–Crippen MR) is 87.5 cm³/mol. The summed E-state index contributed by atoms with van der Waals surface area (Å²) < 4.78 is 11.8. The fourth-order valence-corrected chi connectivity index (χ4v) is 3.73. The van der Waals surface area contributed by atoms with Gasteiger partial charge in [0.25, 0.3) is 0 Å². The maximum Gasteiger partial charge on any atom is 0.139 e. The molecule has 0 aromatic carbocycles. The third kappa shape index (κ3) is 3.37. The summed E-state index contributed by atoms with van der Waals surface area (Å²) >= 11 is 5.94. The van der Waals surface area contributed by atoms with Crippen molar-refractivity contribution in [3.8, 4) is 5.75 Å². The van der Waals surface area contributed by atoms with E-state index in [0.29, 0.717) is 29.6 Å². The molecule has 5 nitrogen and oxygen atoms in total. The fourth-order valence-electron chi connectivity index (χ4n) is 3.56. The number of nitrogens with one attached hydrogen (secondary N) is 1. The predicted octanol–water partition coefficient (Wildman–Crippen LogP) is 2.59. The number of hydrogen-bond donors (Lipinski definition) is 1. The molecular formula is C17H20ClN3O2. The number of ether oxygens (including phenoxy) is 2. The summed E-state index contributed by atoms with van der Waals surface area (Å²) in [6.45, 7) is 4.44. The van der Waals surface area contributed by atoms with Crippen LogP contribution in [0.3, 0.4) is 0 Å². The van der Waals surface area contributed by atoms with Gasteiger partial charge in [-0.1, -0.05) is 11.6 Å². The molecule has 0 unspecified atom stereocenters. The van der Waals surface area contributed by atoms with Crippen LogP contribution >= 0.6 is 11.6 Å². The molecule has 0 aliphatic carbocycles. The number of hydrogen-bond acceptors (Lipinski definition) is 4. The van der Waals surface area contributed by atoms with Crippen LogP contribution in [-0.4, -0.2) is 47.3 Å². The van der Waals surface area contributed by atoms with Crippen molar-refractivity contribution in [2.45, 2.75) is 12.6 Å². The van der Waals surface area contributed by atoms with Crippen molar-refractivity contribution in [3.63, 3.8) is 0 Å². The first-order chi connectivity index (χ1) is 11.3. The van der Waals surface area contributed by atoms with Gasteiger partial charge in [0.15, 0.2) is 0 Å². The summed E-state index contributed by atoms with van der Waals surface area (Å²) in [5, 5.41) is 0.598. The average molecular weight is 334 g/mol. The normalized spacial score (nSPS) is 27.3. The molecule has 3 atom stereocenters. The van der Waals surface area contributed by atoms with Gasteiger partial charge in [0.2, 0.25) is 0 Å². The van der Waals surface area contributed by atoms with Gasteiger partial charge in [-0.2, -0.15) is 0 Å². The minimum atomic E-state index is 0.330. The van der Waals surface area contributed by atoms with E-state index in [1.54, 1.807) is 18.5 Å². The Hall–Kier alpha value is -1.56. The molecule has 23 heavy (non-hydrogen) atoms. The number of halogens is 1. The van der Waals surface area contributed by atoms with Crippen LogP contribution in [0.5, 0.6) is 5.75 Å². The molecule has 4 rings (SSSR count). The number of rotatable bonds is 5. The summed E-state index contributed by atoms with van der Waals surface area (Å²) in [5.41, 5.74) is 1.25. The third-order valence-corrected chi connectivity index (χ3v) is 4.92. The zero-order valence-electron chi connectivity index (χ0n) is 12.8. The van der Waals surface area contributed by atoms with Gasteiger partial charge in [-0.3, -0.25) is 9.88 Å². The van der Waals surface area contributed by atoms with Crippen molar-refractivity contribution in [2.24, 2.45) is 11.8 Å². The van der Waals surface area contributed by atoms with Gasteiger partial charge in [-0.05, 0) is 12.1 Å². The fraction of sp³-hybridized carbons (Fsp3) is 0.471. The number of aromatic nitrogens is 2. The Morgan fingerprint density at radius 1 is 1.39 bits per heavy atom. The molecule has 4 heterocycles. The molecule has 2 aliphatic rings. The lowest BCUT2D eigenvalue weighted by atomic mass is 9.94. The summed E-state index contributed by atoms with van der Waals surface area (Å²) in [5.74, 6) is 1.69. The quantitative estimate of drug-likeness (QED) is 0.913. The first-order valence-electron chi connectivity index (χ1n) is 7.97. The smallest absolute Gasteiger partial charge is 0.139 e. The maximum absolute atomic E-state index is 5.98. The molecular weight excluding hydrogens is 314 g/mol. The summed E-state index contributed by atoms with van der Waals surface area (Å²) in [7, 11) is 0. The average Bonchev–Trinajstić information content (AvgIpc) is 3.24. The van der Waals surface area contributed by atoms with E-state index in [1.165, 1.54) is 5.69 Å². The number of likely N-dealkylation sites (tertiary alicyclic amines) is 1. The first kappa shape index (κ1) is 15.0. The number of aromatic amines is 1. The van der Waals surface area contributed by atoms with Crippen LogP contribution < -0.4 is 4.74 Å². The minimum Gasteiger partial charge on any atom is -0.492 e. The molecule has 2 aliphatic heterocycles. The molecule has 2 saturated heterocycles. The summed E-state index contributed by atoms with van der Waals surface area (Å²) in [4.78, 5) is 9.77. The van der Waals surface area contributed by atoms with Gasteiger partial charge in [0.05, 0.1) is 30.5 Å². The van der Waals surface area contributed by atoms with Crippen molar-refractivity contribution in [3.05, 3.63) is 47.5 Å². The largest absolute Gasteiger partial charge is 0.492 e. The van der Waals surface area contributed by atoms with Crippen molar-refractivity contribution in [1.29, 1.82) is 0 Å². The van der Waals surface area contributed by atoms with E-state index in [0.717, 1.165) is 32.0 Å². The lowest BCUT2D eigenvalue weighted by Gasteiger charge is -2.19. The molecule has 122 valence electrons. The van der Waals surface area contributed by atoms with Crippen molar-refractivity contribution in [1.82, 2.24) is 14.9 Å². The number of fused-ring (bicyclic) bond motifs is 1. The van der Waals surface area contributed by atoms with E-state index in [2.05, 4.69) is 20.9 Å². The Morgan fingerprint density at radius 3 is 3.17 bits per heavy atom. The lowest BCUT2D eigenvalue weighted by Crippen LogP contribution is -2.26. The van der Waals surface area contributed by atoms with E-state index in [1.807, 2.05) is 12.3 Å². The van der Waals surface area contributed by atoms with Gasteiger partial charge >= 0.3 is 0 Å². The SMILES string of the molecule is Clc1cncc(OC[C@@H]2CO[C@H]3CN(Cc4ccc[nH]4)C[C@@H]23)c1. The van der Waals surface area contributed by atoms with Crippen LogP contribution in [0, 0.1) is 11.8 Å². The summed E-state index contributed by atoms with van der Waals surface area (Å²) in [6, 6.07) is 5.97. The standard InChI is InChI=1S/C17H20ClN3O2/c18-13-4-15(6-19-5-13)22-10-12-11-23-17-9-21(8-16(12)17)7-14-2-1-3-20-14/h1-6,12,16-17,20H,7-11H2/t12-,16+,17+/m1/s1. The molecule has 0 spiro atoms. The zero-order chi connectivity index (χ0) is 15.6. The molecule has 2 aromatic rings. The second kappa shape index (κ2) is 6.51. The Balaban J connectivity index is 1.33. The van der Waals surface area contributed by atoms with E-state index < -0.39 is 0 Å². The molecule has 0 saturated carbocycles. The van der Waals surface area contributed by atoms with Crippen LogP contribution in [0.15, 0.2) is 36.8 Å². The zero-order valence-corrected chi connectivity index (χ0v) is 13.6. The Labute approximate surface area is 140 Å². The van der Waals surface area contributed by atoms with Gasteiger partial charge < -0.3 is 14.5 Å². The number of H-pyrrole nitrogens is 1. The third-order valence-electron chi connectivity index (χ3n) is 4.71. The second-order valence-corrected chi connectivity index (χ2v) is 6.77. The highest BCUT2D eigenvalue weighted by Gasteiger charge is 2.44. The molecule has 1 N–H and O–H groups in total. The Bertz CT molecular complexity index is 649. The lowest BCUT2D eigenvalue weighted by molar-refractivity contribution is 0.0895. The van der Waals surface area contributed by atoms with E-state index in [9.17, 15) is 0 Å². The monoisotopic (exact) mass is 333 g/mol. The maximum atomic E-state index is 5.98.